The monoisotopic (exact) mass is 265 g/mol. The Labute approximate surface area is 83.6 Å². The number of hydrogen-bond donors (Lipinski definition) is 5. The van der Waals surface area contributed by atoms with E-state index in [2.05, 4.69) is 9.24 Å². The molecule has 0 fully saturated rings. The Hall–Kier alpha value is 0.690. The lowest BCUT2D eigenvalue weighted by Crippen LogP contribution is -2.29. The van der Waals surface area contributed by atoms with Crippen molar-refractivity contribution in [3.8, 4) is 0 Å². The SMILES string of the molecule is NC(P)C(CP(=O)(O)O)CP(=O)(O)O. The summed E-state index contributed by atoms with van der Waals surface area (Å²) in [5.41, 5.74) is 5.33. The van der Waals surface area contributed by atoms with Crippen molar-refractivity contribution < 1.29 is 28.7 Å². The van der Waals surface area contributed by atoms with Gasteiger partial charge in [-0.2, -0.15) is 0 Å². The zero-order valence-electron chi connectivity index (χ0n) is 7.22. The summed E-state index contributed by atoms with van der Waals surface area (Å²) in [5, 5.41) is 0. The first-order chi connectivity index (χ1) is 6.01. The minimum absolute atomic E-state index is 0.622. The third-order valence-corrected chi connectivity index (χ3v) is 3.92. The van der Waals surface area contributed by atoms with Crippen molar-refractivity contribution in [2.45, 2.75) is 5.78 Å². The molecule has 0 aromatic rings. The zero-order valence-corrected chi connectivity index (χ0v) is 10.2. The molecule has 14 heavy (non-hydrogen) atoms. The van der Waals surface area contributed by atoms with Crippen LogP contribution in [0, 0.1) is 5.92 Å². The van der Waals surface area contributed by atoms with Crippen molar-refractivity contribution in [2.24, 2.45) is 11.7 Å². The molecule has 0 amide bonds. The molecule has 7 nitrogen and oxygen atoms in total. The van der Waals surface area contributed by atoms with Crippen LogP contribution in [0.5, 0.6) is 0 Å². The van der Waals surface area contributed by atoms with Crippen molar-refractivity contribution in [3.63, 3.8) is 0 Å². The van der Waals surface area contributed by atoms with Gasteiger partial charge in [-0.15, -0.1) is 9.24 Å². The largest absolute Gasteiger partial charge is 0.325 e. The molecule has 0 saturated carbocycles. The van der Waals surface area contributed by atoms with Gasteiger partial charge in [-0.25, -0.2) is 0 Å². The Morgan fingerprint density at radius 3 is 1.50 bits per heavy atom. The third kappa shape index (κ3) is 8.04. The van der Waals surface area contributed by atoms with E-state index in [0.29, 0.717) is 0 Å². The standard InChI is InChI=1S/C4H14NO6P3/c5-4(12)3(1-13(6,7)8)2-14(9,10)11/h3-4H,1-2,5,12H2,(H2,6,7,8)(H2,9,10,11). The molecule has 0 heterocycles. The van der Waals surface area contributed by atoms with Crippen LogP contribution in [0.25, 0.3) is 0 Å². The van der Waals surface area contributed by atoms with E-state index in [1.165, 1.54) is 0 Å². The molecule has 6 N–H and O–H groups in total. The number of nitrogens with two attached hydrogens (primary N) is 1. The molecule has 10 heteroatoms. The van der Waals surface area contributed by atoms with Crippen LogP contribution >= 0.6 is 24.4 Å². The lowest BCUT2D eigenvalue weighted by Gasteiger charge is -2.21. The Kier molecular flexibility index (Phi) is 5.40. The topological polar surface area (TPSA) is 141 Å². The summed E-state index contributed by atoms with van der Waals surface area (Å²) < 4.78 is 21.2. The molecule has 0 aromatic heterocycles. The summed E-state index contributed by atoms with van der Waals surface area (Å²) >= 11 is 0. The van der Waals surface area contributed by atoms with E-state index in [4.69, 9.17) is 25.3 Å². The van der Waals surface area contributed by atoms with Gasteiger partial charge in [0.2, 0.25) is 0 Å². The molecule has 0 aliphatic rings. The van der Waals surface area contributed by atoms with Gasteiger partial charge in [0.05, 0.1) is 12.3 Å². The van der Waals surface area contributed by atoms with E-state index in [1.54, 1.807) is 0 Å². The fraction of sp³-hybridized carbons (Fsp3) is 1.00. The summed E-state index contributed by atoms with van der Waals surface area (Å²) in [5.74, 6) is -1.67. The Balaban J connectivity index is 4.48. The van der Waals surface area contributed by atoms with E-state index in [-0.39, 0.29) is 0 Å². The highest BCUT2D eigenvalue weighted by atomic mass is 31.2. The second-order valence-corrected chi connectivity index (χ2v) is 7.19. The Morgan fingerprint density at radius 2 is 1.36 bits per heavy atom. The van der Waals surface area contributed by atoms with E-state index in [9.17, 15) is 9.13 Å². The van der Waals surface area contributed by atoms with Gasteiger partial charge in [0.1, 0.15) is 0 Å². The van der Waals surface area contributed by atoms with Crippen molar-refractivity contribution in [1.82, 2.24) is 0 Å². The van der Waals surface area contributed by atoms with Crippen LogP contribution in [0.3, 0.4) is 0 Å². The highest BCUT2D eigenvalue weighted by Crippen LogP contribution is 2.44. The van der Waals surface area contributed by atoms with E-state index < -0.39 is 39.2 Å². The second-order valence-electron chi connectivity index (χ2n) is 3.03. The molecule has 86 valence electrons. The summed E-state index contributed by atoms with van der Waals surface area (Å²) in [6.07, 6.45) is -1.24. The predicted octanol–water partition coefficient (Wildman–Crippen LogP) is -0.882. The van der Waals surface area contributed by atoms with Crippen LogP contribution < -0.4 is 5.73 Å². The summed E-state index contributed by atoms with van der Waals surface area (Å²) in [4.78, 5) is 34.5. The molecule has 2 atom stereocenters. The molecule has 0 aliphatic heterocycles. The molecule has 0 aromatic carbocycles. The predicted molar refractivity (Wildman–Crippen MR) is 55.0 cm³/mol. The molecule has 0 saturated heterocycles. The first kappa shape index (κ1) is 14.7. The average molecular weight is 265 g/mol. The number of rotatable bonds is 5. The van der Waals surface area contributed by atoms with Crippen LogP contribution in [-0.2, 0) is 9.13 Å². The van der Waals surface area contributed by atoms with Gasteiger partial charge < -0.3 is 25.3 Å². The maximum Gasteiger partial charge on any atom is 0.325 e. The maximum absolute atomic E-state index is 10.6. The van der Waals surface area contributed by atoms with Gasteiger partial charge in [-0.3, -0.25) is 9.13 Å². The van der Waals surface area contributed by atoms with Gasteiger partial charge in [-0.1, -0.05) is 0 Å². The van der Waals surface area contributed by atoms with E-state index in [1.807, 2.05) is 0 Å². The van der Waals surface area contributed by atoms with Crippen LogP contribution in [0.4, 0.5) is 0 Å². The number of hydrogen-bond acceptors (Lipinski definition) is 3. The molecule has 0 bridgehead atoms. The molecule has 0 aliphatic carbocycles. The minimum Gasteiger partial charge on any atom is -0.324 e. The van der Waals surface area contributed by atoms with Crippen molar-refractivity contribution in [3.05, 3.63) is 0 Å². The molecule has 0 rings (SSSR count). The van der Waals surface area contributed by atoms with Crippen molar-refractivity contribution in [1.29, 1.82) is 0 Å². The van der Waals surface area contributed by atoms with Crippen LogP contribution in [0.15, 0.2) is 0 Å². The summed E-state index contributed by atoms with van der Waals surface area (Å²) in [6, 6.07) is 0. The fourth-order valence-electron chi connectivity index (χ4n) is 0.912. The lowest BCUT2D eigenvalue weighted by atomic mass is 10.2. The first-order valence-electron chi connectivity index (χ1n) is 3.61. The summed E-state index contributed by atoms with van der Waals surface area (Å²) in [7, 11) is -6.53. The Morgan fingerprint density at radius 1 is 1.07 bits per heavy atom. The zero-order chi connectivity index (χ0) is 11.6. The molecule has 0 radical (unpaired) electrons. The van der Waals surface area contributed by atoms with E-state index >= 15 is 0 Å². The quantitative estimate of drug-likeness (QED) is 0.406. The van der Waals surface area contributed by atoms with Crippen LogP contribution in [0.1, 0.15) is 0 Å². The van der Waals surface area contributed by atoms with Crippen LogP contribution in [-0.4, -0.2) is 37.7 Å². The minimum atomic E-state index is -4.30. The molecule has 0 spiro atoms. The van der Waals surface area contributed by atoms with Gasteiger partial charge in [-0.05, 0) is 0 Å². The second kappa shape index (κ2) is 5.15. The lowest BCUT2D eigenvalue weighted by molar-refractivity contribution is 0.350. The molecule has 2 unspecified atom stereocenters. The van der Waals surface area contributed by atoms with Gasteiger partial charge >= 0.3 is 15.2 Å². The molecular weight excluding hydrogens is 251 g/mol. The highest BCUT2D eigenvalue weighted by molar-refractivity contribution is 7.52. The van der Waals surface area contributed by atoms with Crippen molar-refractivity contribution in [2.75, 3.05) is 12.3 Å². The summed E-state index contributed by atoms with van der Waals surface area (Å²) in [6.45, 7) is 0. The highest BCUT2D eigenvalue weighted by Gasteiger charge is 2.30. The Bertz CT molecular complexity index is 244. The van der Waals surface area contributed by atoms with Gasteiger partial charge in [0.15, 0.2) is 0 Å². The normalized spacial score (nSPS) is 15.9. The smallest absolute Gasteiger partial charge is 0.324 e. The maximum atomic E-state index is 10.6. The first-order valence-corrected chi connectivity index (χ1v) is 7.88. The van der Waals surface area contributed by atoms with E-state index in [0.717, 1.165) is 0 Å². The van der Waals surface area contributed by atoms with Crippen molar-refractivity contribution >= 4 is 24.4 Å². The fourth-order valence-corrected chi connectivity index (χ4v) is 3.81. The third-order valence-electron chi connectivity index (χ3n) is 1.49. The van der Waals surface area contributed by atoms with Gasteiger partial charge in [0.25, 0.3) is 0 Å². The van der Waals surface area contributed by atoms with Crippen LogP contribution in [0.2, 0.25) is 0 Å². The van der Waals surface area contributed by atoms with Gasteiger partial charge in [0, 0.05) is 11.7 Å². The average Bonchev–Trinajstić information content (AvgIpc) is 1.78. The molecular formula is C4H14NO6P3.